The molecule has 0 aliphatic rings. The lowest BCUT2D eigenvalue weighted by Crippen LogP contribution is -2.30. The highest BCUT2D eigenvalue weighted by Crippen LogP contribution is 2.25. The van der Waals surface area contributed by atoms with Gasteiger partial charge in [-0.15, -0.1) is 0 Å². The third kappa shape index (κ3) is 4.55. The number of anilines is 1. The zero-order chi connectivity index (χ0) is 19.3. The number of halogens is 1. The first-order valence-electron chi connectivity index (χ1n) is 7.27. The van der Waals surface area contributed by atoms with Gasteiger partial charge in [-0.3, -0.25) is 14.9 Å². The summed E-state index contributed by atoms with van der Waals surface area (Å²) in [6, 6.07) is 11.6. The topological polar surface area (TPSA) is 122 Å². The summed E-state index contributed by atoms with van der Waals surface area (Å²) in [5, 5.41) is 22.1. The van der Waals surface area contributed by atoms with Gasteiger partial charge in [-0.25, -0.2) is 4.79 Å². The Labute approximate surface area is 153 Å². The molecule has 0 saturated carbocycles. The zero-order valence-electron chi connectivity index (χ0n) is 13.4. The van der Waals surface area contributed by atoms with Crippen LogP contribution in [-0.4, -0.2) is 22.9 Å². The first-order valence-corrected chi connectivity index (χ1v) is 7.65. The average molecular weight is 374 g/mol. The largest absolute Gasteiger partial charge is 0.449 e. The Hall–Kier alpha value is -3.44. The SMILES string of the molecule is C[C@@H](OC(=O)c1ccc(Cl)c([N+](=O)[O-])c1)C(=O)Nc1cccc(C#N)c1. The molecule has 2 aromatic carbocycles. The fourth-order valence-corrected chi connectivity index (χ4v) is 2.16. The van der Waals surface area contributed by atoms with Crippen LogP contribution in [0.1, 0.15) is 22.8 Å². The minimum atomic E-state index is -1.16. The summed E-state index contributed by atoms with van der Waals surface area (Å²) in [5.41, 5.74) is 0.193. The molecule has 2 aromatic rings. The van der Waals surface area contributed by atoms with Crippen molar-refractivity contribution in [2.75, 3.05) is 5.32 Å². The zero-order valence-corrected chi connectivity index (χ0v) is 14.2. The fourth-order valence-electron chi connectivity index (χ4n) is 1.97. The second-order valence-electron chi connectivity index (χ2n) is 5.15. The molecule has 0 aliphatic carbocycles. The lowest BCUT2D eigenvalue weighted by atomic mass is 10.2. The van der Waals surface area contributed by atoms with Crippen molar-refractivity contribution >= 4 is 34.9 Å². The first kappa shape index (κ1) is 18.9. The van der Waals surface area contributed by atoms with Gasteiger partial charge in [0.25, 0.3) is 11.6 Å². The van der Waals surface area contributed by atoms with Gasteiger partial charge < -0.3 is 10.1 Å². The van der Waals surface area contributed by atoms with Gasteiger partial charge in [0.15, 0.2) is 6.10 Å². The van der Waals surface area contributed by atoms with E-state index in [9.17, 15) is 19.7 Å². The van der Waals surface area contributed by atoms with Gasteiger partial charge in [-0.05, 0) is 37.3 Å². The third-order valence-electron chi connectivity index (χ3n) is 3.29. The molecule has 0 spiro atoms. The van der Waals surface area contributed by atoms with Gasteiger partial charge in [-0.2, -0.15) is 5.26 Å². The van der Waals surface area contributed by atoms with Crippen molar-refractivity contribution in [3.63, 3.8) is 0 Å². The molecule has 0 heterocycles. The van der Waals surface area contributed by atoms with Crippen LogP contribution in [0.3, 0.4) is 0 Å². The number of hydrogen-bond donors (Lipinski definition) is 1. The molecule has 1 atom stereocenters. The van der Waals surface area contributed by atoms with Crippen molar-refractivity contribution in [1.82, 2.24) is 0 Å². The molecule has 132 valence electrons. The Kier molecular flexibility index (Phi) is 5.88. The van der Waals surface area contributed by atoms with Crippen molar-refractivity contribution < 1.29 is 19.2 Å². The van der Waals surface area contributed by atoms with Crippen molar-refractivity contribution in [3.05, 3.63) is 68.7 Å². The standard InChI is InChI=1S/C17H12ClN3O5/c1-10(16(22)20-13-4-2-3-11(7-13)9-19)26-17(23)12-5-6-14(18)15(8-12)21(24)25/h2-8,10H,1H3,(H,20,22)/t10-/m1/s1. The third-order valence-corrected chi connectivity index (χ3v) is 3.61. The Morgan fingerprint density at radius 1 is 1.31 bits per heavy atom. The van der Waals surface area contributed by atoms with E-state index in [2.05, 4.69) is 5.32 Å². The molecule has 9 heteroatoms. The number of nitrogens with one attached hydrogen (secondary N) is 1. The highest BCUT2D eigenvalue weighted by molar-refractivity contribution is 6.32. The second-order valence-corrected chi connectivity index (χ2v) is 5.56. The number of ether oxygens (including phenoxy) is 1. The summed E-state index contributed by atoms with van der Waals surface area (Å²) in [6.45, 7) is 1.35. The van der Waals surface area contributed by atoms with Gasteiger partial charge in [0.05, 0.1) is 22.1 Å². The van der Waals surface area contributed by atoms with Gasteiger partial charge in [0.1, 0.15) is 5.02 Å². The van der Waals surface area contributed by atoms with Crippen LogP contribution in [0.2, 0.25) is 5.02 Å². The van der Waals surface area contributed by atoms with Crippen LogP contribution in [-0.2, 0) is 9.53 Å². The molecule has 8 nitrogen and oxygen atoms in total. The molecule has 0 radical (unpaired) electrons. The molecule has 2 rings (SSSR count). The van der Waals surface area contributed by atoms with Gasteiger partial charge in [-0.1, -0.05) is 17.7 Å². The van der Waals surface area contributed by atoms with E-state index >= 15 is 0 Å². The summed E-state index contributed by atoms with van der Waals surface area (Å²) in [6.07, 6.45) is -1.16. The van der Waals surface area contributed by atoms with Crippen molar-refractivity contribution in [3.8, 4) is 6.07 Å². The maximum atomic E-state index is 12.1. The molecule has 0 unspecified atom stereocenters. The molecule has 0 aliphatic heterocycles. The highest BCUT2D eigenvalue weighted by Gasteiger charge is 2.22. The maximum Gasteiger partial charge on any atom is 0.339 e. The molecule has 26 heavy (non-hydrogen) atoms. The Morgan fingerprint density at radius 3 is 2.69 bits per heavy atom. The molecule has 0 bridgehead atoms. The van der Waals surface area contributed by atoms with E-state index in [0.29, 0.717) is 11.3 Å². The fraction of sp³-hybridized carbons (Fsp3) is 0.118. The summed E-state index contributed by atoms with van der Waals surface area (Å²) >= 11 is 5.69. The van der Waals surface area contributed by atoms with E-state index in [1.807, 2.05) is 6.07 Å². The van der Waals surface area contributed by atoms with Gasteiger partial charge in [0.2, 0.25) is 0 Å². The number of esters is 1. The molecule has 0 aromatic heterocycles. The van der Waals surface area contributed by atoms with E-state index in [1.165, 1.54) is 25.1 Å². The molecule has 0 fully saturated rings. The highest BCUT2D eigenvalue weighted by atomic mass is 35.5. The Bertz CT molecular complexity index is 923. The number of nitro benzene ring substituents is 1. The first-order chi connectivity index (χ1) is 12.3. The molecular formula is C17H12ClN3O5. The summed E-state index contributed by atoms with van der Waals surface area (Å²) in [5.74, 6) is -1.52. The Morgan fingerprint density at radius 2 is 2.04 bits per heavy atom. The summed E-state index contributed by atoms with van der Waals surface area (Å²) in [4.78, 5) is 34.3. The molecule has 1 N–H and O–H groups in total. The second kappa shape index (κ2) is 8.09. The van der Waals surface area contributed by atoms with E-state index in [-0.39, 0.29) is 10.6 Å². The van der Waals surface area contributed by atoms with Crippen LogP contribution in [0.5, 0.6) is 0 Å². The Balaban J connectivity index is 2.06. The molecule has 0 saturated heterocycles. The average Bonchev–Trinajstić information content (AvgIpc) is 2.61. The number of nitriles is 1. The summed E-state index contributed by atoms with van der Waals surface area (Å²) in [7, 11) is 0. The number of nitro groups is 1. The summed E-state index contributed by atoms with van der Waals surface area (Å²) < 4.78 is 5.02. The van der Waals surface area contributed by atoms with Crippen LogP contribution in [0.25, 0.3) is 0 Å². The lowest BCUT2D eigenvalue weighted by molar-refractivity contribution is -0.384. The molecule has 1 amide bonds. The van der Waals surface area contributed by atoms with Crippen LogP contribution < -0.4 is 5.32 Å². The van der Waals surface area contributed by atoms with E-state index in [1.54, 1.807) is 18.2 Å². The van der Waals surface area contributed by atoms with Crippen molar-refractivity contribution in [2.24, 2.45) is 0 Å². The number of nitrogens with zero attached hydrogens (tertiary/aromatic N) is 2. The number of benzene rings is 2. The normalized spacial score (nSPS) is 11.1. The maximum absolute atomic E-state index is 12.1. The van der Waals surface area contributed by atoms with E-state index in [4.69, 9.17) is 21.6 Å². The quantitative estimate of drug-likeness (QED) is 0.487. The minimum absolute atomic E-state index is 0.104. The monoisotopic (exact) mass is 373 g/mol. The predicted molar refractivity (Wildman–Crippen MR) is 92.8 cm³/mol. The smallest absolute Gasteiger partial charge is 0.339 e. The minimum Gasteiger partial charge on any atom is -0.449 e. The number of carbonyl (C=O) groups excluding carboxylic acids is 2. The van der Waals surface area contributed by atoms with Crippen LogP contribution in [0.4, 0.5) is 11.4 Å². The van der Waals surface area contributed by atoms with Crippen LogP contribution >= 0.6 is 11.6 Å². The number of amides is 1. The van der Waals surface area contributed by atoms with E-state index in [0.717, 1.165) is 6.07 Å². The number of rotatable bonds is 5. The number of carbonyl (C=O) groups is 2. The number of hydrogen-bond acceptors (Lipinski definition) is 6. The van der Waals surface area contributed by atoms with Crippen molar-refractivity contribution in [2.45, 2.75) is 13.0 Å². The van der Waals surface area contributed by atoms with Crippen molar-refractivity contribution in [1.29, 1.82) is 5.26 Å². The van der Waals surface area contributed by atoms with Gasteiger partial charge in [0, 0.05) is 11.8 Å². The lowest BCUT2D eigenvalue weighted by Gasteiger charge is -2.13. The molecular weight excluding hydrogens is 362 g/mol. The van der Waals surface area contributed by atoms with Gasteiger partial charge >= 0.3 is 5.97 Å². The van der Waals surface area contributed by atoms with Crippen LogP contribution in [0, 0.1) is 21.4 Å². The van der Waals surface area contributed by atoms with E-state index < -0.39 is 28.6 Å². The van der Waals surface area contributed by atoms with Crippen LogP contribution in [0.15, 0.2) is 42.5 Å². The predicted octanol–water partition coefficient (Wildman–Crippen LogP) is 3.30.